The molecule has 0 spiro atoms. The molecule has 0 fully saturated rings. The van der Waals surface area contributed by atoms with E-state index in [0.29, 0.717) is 5.70 Å². The van der Waals surface area contributed by atoms with Crippen LogP contribution in [0.1, 0.15) is 19.0 Å². The molecule has 116 valence electrons. The van der Waals surface area contributed by atoms with Gasteiger partial charge in [0.2, 0.25) is 0 Å². The molecule has 0 unspecified atom stereocenters. The van der Waals surface area contributed by atoms with Crippen molar-refractivity contribution in [1.82, 2.24) is 9.55 Å². The number of aromatic nitrogens is 2. The van der Waals surface area contributed by atoms with Gasteiger partial charge in [0.1, 0.15) is 0 Å². The minimum atomic E-state index is -4.50. The van der Waals surface area contributed by atoms with Gasteiger partial charge in [0.15, 0.2) is 15.5 Å². The van der Waals surface area contributed by atoms with Crippen LogP contribution in [0, 0.1) is 0 Å². The summed E-state index contributed by atoms with van der Waals surface area (Å²) in [6.07, 6.45) is 5.07. The number of allylic oxidation sites excluding steroid dienone is 5. The van der Waals surface area contributed by atoms with Gasteiger partial charge < -0.3 is 4.57 Å². The third-order valence-corrected chi connectivity index (χ3v) is 3.00. The number of hydrogen-bond donors (Lipinski definition) is 0. The number of alkyl halides is 3. The summed E-state index contributed by atoms with van der Waals surface area (Å²) in [6, 6.07) is 0. The first-order valence-electron chi connectivity index (χ1n) is 5.94. The maximum Gasteiger partial charge on any atom is 0.434 e. The molecule has 0 aromatic carbocycles. The lowest BCUT2D eigenvalue weighted by Crippen LogP contribution is -2.04. The molecule has 1 heterocycles. The van der Waals surface area contributed by atoms with Gasteiger partial charge in [0.25, 0.3) is 0 Å². The molecule has 0 bridgehead atoms. The molecule has 0 saturated heterocycles. The molecule has 0 saturated carbocycles. The molecule has 0 aliphatic heterocycles. The molecule has 8 heteroatoms. The largest absolute Gasteiger partial charge is 0.434 e. The summed E-state index contributed by atoms with van der Waals surface area (Å²) in [4.78, 5) is 3.31. The average molecular weight is 320 g/mol. The van der Waals surface area contributed by atoms with Crippen molar-refractivity contribution in [2.75, 3.05) is 6.26 Å². The van der Waals surface area contributed by atoms with Crippen molar-refractivity contribution in [3.63, 3.8) is 0 Å². The Balaban J connectivity index is 2.97. The van der Waals surface area contributed by atoms with E-state index in [1.807, 2.05) is 0 Å². The van der Waals surface area contributed by atoms with Crippen LogP contribution in [0.3, 0.4) is 0 Å². The van der Waals surface area contributed by atoms with Crippen molar-refractivity contribution < 1.29 is 21.6 Å². The van der Waals surface area contributed by atoms with Crippen molar-refractivity contribution in [2.45, 2.75) is 19.5 Å². The number of hydrogen-bond acceptors (Lipinski definition) is 3. The molecule has 1 aromatic rings. The molecule has 0 amide bonds. The number of imidazole rings is 1. The lowest BCUT2D eigenvalue weighted by molar-refractivity contribution is -0.140. The summed E-state index contributed by atoms with van der Waals surface area (Å²) >= 11 is 0. The molecular formula is C13H15F3N2O2S. The normalized spacial score (nSPS) is 14.4. The summed E-state index contributed by atoms with van der Waals surface area (Å²) in [7, 11) is -3.21. The van der Waals surface area contributed by atoms with Gasteiger partial charge in [0, 0.05) is 23.6 Å². The Morgan fingerprint density at radius 1 is 1.43 bits per heavy atom. The summed E-state index contributed by atoms with van der Waals surface area (Å²) in [5.74, 6) is 0. The zero-order chi connectivity index (χ0) is 16.1. The van der Waals surface area contributed by atoms with Gasteiger partial charge >= 0.3 is 6.18 Å². The fourth-order valence-electron chi connectivity index (χ4n) is 1.46. The van der Waals surface area contributed by atoms with Gasteiger partial charge in [-0.05, 0) is 19.4 Å². The molecule has 0 N–H and O–H groups in total. The maximum atomic E-state index is 12.5. The molecule has 0 radical (unpaired) electrons. The van der Waals surface area contributed by atoms with Gasteiger partial charge in [-0.25, -0.2) is 13.4 Å². The second kappa shape index (κ2) is 6.75. The summed E-state index contributed by atoms with van der Waals surface area (Å²) in [5.41, 5.74) is -0.511. The first-order valence-corrected chi connectivity index (χ1v) is 7.90. The molecule has 0 aliphatic rings. The Bertz CT molecular complexity index is 668. The highest BCUT2D eigenvalue weighted by Crippen LogP contribution is 2.28. The van der Waals surface area contributed by atoms with Gasteiger partial charge in [-0.3, -0.25) is 0 Å². The van der Waals surface area contributed by atoms with Crippen LogP contribution in [0.2, 0.25) is 0 Å². The topological polar surface area (TPSA) is 52.0 Å². The predicted molar refractivity (Wildman–Crippen MR) is 74.9 cm³/mol. The van der Waals surface area contributed by atoms with Crippen LogP contribution < -0.4 is 0 Å². The molecule has 21 heavy (non-hydrogen) atoms. The van der Waals surface area contributed by atoms with Crippen LogP contribution in [-0.2, 0) is 16.0 Å². The highest BCUT2D eigenvalue weighted by atomic mass is 32.2. The third kappa shape index (κ3) is 5.99. The first-order chi connectivity index (χ1) is 9.63. The number of rotatable bonds is 5. The van der Waals surface area contributed by atoms with Crippen LogP contribution in [0.25, 0.3) is 5.70 Å². The van der Waals surface area contributed by atoms with Crippen LogP contribution in [0.5, 0.6) is 0 Å². The second-order valence-corrected chi connectivity index (χ2v) is 6.16. The minimum Gasteiger partial charge on any atom is -0.306 e. The lowest BCUT2D eigenvalue weighted by atomic mass is 10.3. The highest BCUT2D eigenvalue weighted by molar-refractivity contribution is 7.93. The van der Waals surface area contributed by atoms with Crippen molar-refractivity contribution in [1.29, 1.82) is 0 Å². The number of sulfone groups is 1. The first kappa shape index (κ1) is 17.2. The standard InChI is InChI=1S/C13H15F3N2O2S/c1-3-6-11(7-4-5-8-21(2,19)20)18-9-12(17-10-18)13(14,15)16/h3,5-10H,4H2,1-2H3/b6-3-,8-5+,11-7?. The molecular weight excluding hydrogens is 305 g/mol. The molecule has 1 rings (SSSR count). The molecule has 0 aliphatic carbocycles. The van der Waals surface area contributed by atoms with E-state index in [1.54, 1.807) is 25.2 Å². The lowest BCUT2D eigenvalue weighted by Gasteiger charge is -2.03. The van der Waals surface area contributed by atoms with Crippen LogP contribution in [-0.4, -0.2) is 24.2 Å². The summed E-state index contributed by atoms with van der Waals surface area (Å²) in [6.45, 7) is 1.72. The summed E-state index contributed by atoms with van der Waals surface area (Å²) < 4.78 is 60.6. The Morgan fingerprint density at radius 3 is 2.57 bits per heavy atom. The SMILES string of the molecule is C/C=C\C(=CC/C=C/S(C)(=O)=O)n1cnc(C(F)(F)F)c1. The van der Waals surface area contributed by atoms with E-state index in [2.05, 4.69) is 4.98 Å². The Labute approximate surface area is 121 Å². The predicted octanol–water partition coefficient (Wildman–Crippen LogP) is 3.27. The van der Waals surface area contributed by atoms with Crippen molar-refractivity contribution in [3.8, 4) is 0 Å². The van der Waals surface area contributed by atoms with Crippen molar-refractivity contribution >= 4 is 15.5 Å². The minimum absolute atomic E-state index is 0.270. The van der Waals surface area contributed by atoms with Gasteiger partial charge in [-0.15, -0.1) is 0 Å². The average Bonchev–Trinajstić information content (AvgIpc) is 2.81. The Kier molecular flexibility index (Phi) is 5.54. The van der Waals surface area contributed by atoms with E-state index >= 15 is 0 Å². The van der Waals surface area contributed by atoms with Crippen molar-refractivity contribution in [3.05, 3.63) is 47.9 Å². The quantitative estimate of drug-likeness (QED) is 0.783. The Morgan fingerprint density at radius 2 is 2.10 bits per heavy atom. The molecule has 0 atom stereocenters. The molecule has 4 nitrogen and oxygen atoms in total. The van der Waals surface area contributed by atoms with E-state index < -0.39 is 21.7 Å². The third-order valence-electron chi connectivity index (χ3n) is 2.32. The molecule has 1 aromatic heterocycles. The maximum absolute atomic E-state index is 12.5. The number of nitrogens with zero attached hydrogens (tertiary/aromatic N) is 2. The summed E-state index contributed by atoms with van der Waals surface area (Å²) in [5, 5.41) is 1.05. The monoisotopic (exact) mass is 320 g/mol. The van der Waals surface area contributed by atoms with Crippen LogP contribution >= 0.6 is 0 Å². The van der Waals surface area contributed by atoms with E-state index in [-0.39, 0.29) is 6.42 Å². The fraction of sp³-hybridized carbons (Fsp3) is 0.308. The second-order valence-electron chi connectivity index (χ2n) is 4.23. The smallest absolute Gasteiger partial charge is 0.306 e. The zero-order valence-electron chi connectivity index (χ0n) is 11.5. The van der Waals surface area contributed by atoms with Gasteiger partial charge in [0.05, 0.1) is 6.33 Å². The van der Waals surface area contributed by atoms with E-state index in [0.717, 1.165) is 24.2 Å². The zero-order valence-corrected chi connectivity index (χ0v) is 12.3. The number of halogens is 3. The van der Waals surface area contributed by atoms with E-state index in [4.69, 9.17) is 0 Å². The fourth-order valence-corrected chi connectivity index (χ4v) is 1.92. The van der Waals surface area contributed by atoms with E-state index in [1.165, 1.54) is 10.6 Å². The van der Waals surface area contributed by atoms with Gasteiger partial charge in [-0.1, -0.05) is 18.2 Å². The van der Waals surface area contributed by atoms with E-state index in [9.17, 15) is 21.6 Å². The highest BCUT2D eigenvalue weighted by Gasteiger charge is 2.33. The Hall–Kier alpha value is -1.83. The van der Waals surface area contributed by atoms with Crippen molar-refractivity contribution in [2.24, 2.45) is 0 Å². The van der Waals surface area contributed by atoms with Crippen LogP contribution in [0.15, 0.2) is 42.2 Å². The van der Waals surface area contributed by atoms with Gasteiger partial charge in [-0.2, -0.15) is 13.2 Å². The van der Waals surface area contributed by atoms with Crippen LogP contribution in [0.4, 0.5) is 13.2 Å².